The number of aryl methyl sites for hydroxylation is 2. The Balaban J connectivity index is 1.83. The van der Waals surface area contributed by atoms with Crippen LogP contribution in [0.3, 0.4) is 0 Å². The Labute approximate surface area is 108 Å². The second kappa shape index (κ2) is 4.49. The molecule has 7 heteroatoms. The van der Waals surface area contributed by atoms with E-state index in [0.29, 0.717) is 4.88 Å². The Kier molecular flexibility index (Phi) is 2.83. The maximum atomic E-state index is 12.1. The van der Waals surface area contributed by atoms with Gasteiger partial charge in [-0.25, -0.2) is 10.4 Å². The molecule has 18 heavy (non-hydrogen) atoms. The van der Waals surface area contributed by atoms with Gasteiger partial charge < -0.3 is 0 Å². The smallest absolute Gasteiger partial charge is 0.266 e. The van der Waals surface area contributed by atoms with Crippen molar-refractivity contribution in [2.75, 3.05) is 5.43 Å². The van der Waals surface area contributed by atoms with E-state index in [9.17, 15) is 4.79 Å². The van der Waals surface area contributed by atoms with Crippen LogP contribution >= 0.6 is 11.3 Å². The van der Waals surface area contributed by atoms with Crippen molar-refractivity contribution in [1.29, 1.82) is 0 Å². The Morgan fingerprint density at radius 1 is 1.44 bits per heavy atom. The van der Waals surface area contributed by atoms with Gasteiger partial charge in [0.15, 0.2) is 0 Å². The summed E-state index contributed by atoms with van der Waals surface area (Å²) in [6, 6.07) is 0. The molecule has 94 valence electrons. The Morgan fingerprint density at radius 3 is 3.06 bits per heavy atom. The third-order valence-electron chi connectivity index (χ3n) is 3.08. The SMILES string of the molecule is Cc1ncsc1C(=O)Nn1nnc2c1CCCC2. The van der Waals surface area contributed by atoms with Gasteiger partial charge in [0.25, 0.3) is 5.91 Å². The van der Waals surface area contributed by atoms with Crippen molar-refractivity contribution >= 4 is 17.2 Å². The third kappa shape index (κ3) is 1.90. The van der Waals surface area contributed by atoms with E-state index >= 15 is 0 Å². The monoisotopic (exact) mass is 263 g/mol. The van der Waals surface area contributed by atoms with Gasteiger partial charge in [0.05, 0.1) is 22.6 Å². The highest BCUT2D eigenvalue weighted by Gasteiger charge is 2.19. The summed E-state index contributed by atoms with van der Waals surface area (Å²) < 4.78 is 0. The van der Waals surface area contributed by atoms with Gasteiger partial charge in [0.1, 0.15) is 4.88 Å². The normalized spacial score (nSPS) is 14.3. The summed E-state index contributed by atoms with van der Waals surface area (Å²) in [5.41, 5.74) is 7.20. The van der Waals surface area contributed by atoms with Crippen LogP contribution in [0.25, 0.3) is 0 Å². The van der Waals surface area contributed by atoms with E-state index in [1.54, 1.807) is 5.51 Å². The van der Waals surface area contributed by atoms with Gasteiger partial charge in [-0.2, -0.15) is 4.79 Å². The van der Waals surface area contributed by atoms with Crippen LogP contribution in [0.1, 0.15) is 39.6 Å². The number of nitrogens with zero attached hydrogens (tertiary/aromatic N) is 4. The lowest BCUT2D eigenvalue weighted by Crippen LogP contribution is -2.26. The van der Waals surface area contributed by atoms with Gasteiger partial charge in [-0.15, -0.1) is 16.4 Å². The van der Waals surface area contributed by atoms with Crippen LogP contribution in [-0.4, -0.2) is 26.0 Å². The number of carbonyl (C=O) groups excluding carboxylic acids is 1. The van der Waals surface area contributed by atoms with Gasteiger partial charge in [-0.05, 0) is 37.8 Å². The Hall–Kier alpha value is -1.76. The van der Waals surface area contributed by atoms with E-state index in [1.807, 2.05) is 6.92 Å². The third-order valence-corrected chi connectivity index (χ3v) is 4.01. The predicted octanol–water partition coefficient (Wildman–Crippen LogP) is 1.31. The zero-order chi connectivity index (χ0) is 12.5. The second-order valence-electron chi connectivity index (χ2n) is 4.31. The standard InChI is InChI=1S/C11H13N5OS/c1-7-10(18-6-12-7)11(17)14-16-9-5-3-2-4-8(9)13-15-16/h6H,2-5H2,1H3,(H,14,17). The van der Waals surface area contributed by atoms with Gasteiger partial charge in [0.2, 0.25) is 0 Å². The molecule has 2 aromatic heterocycles. The highest BCUT2D eigenvalue weighted by Crippen LogP contribution is 2.18. The van der Waals surface area contributed by atoms with Crippen molar-refractivity contribution in [3.05, 3.63) is 27.5 Å². The number of hydrogen-bond donors (Lipinski definition) is 1. The summed E-state index contributed by atoms with van der Waals surface area (Å²) in [4.78, 5) is 18.2. The van der Waals surface area contributed by atoms with Gasteiger partial charge in [0, 0.05) is 0 Å². The minimum atomic E-state index is -0.173. The fraction of sp³-hybridized carbons (Fsp3) is 0.455. The molecular weight excluding hydrogens is 250 g/mol. The molecule has 6 nitrogen and oxygen atoms in total. The Bertz CT molecular complexity index is 588. The molecule has 0 unspecified atom stereocenters. The van der Waals surface area contributed by atoms with Crippen molar-refractivity contribution in [3.63, 3.8) is 0 Å². The molecule has 0 bridgehead atoms. The minimum Gasteiger partial charge on any atom is -0.266 e. The molecule has 0 atom stereocenters. The van der Waals surface area contributed by atoms with E-state index in [1.165, 1.54) is 16.1 Å². The molecule has 0 saturated heterocycles. The maximum Gasteiger partial charge on any atom is 0.283 e. The van der Waals surface area contributed by atoms with Crippen molar-refractivity contribution < 1.29 is 4.79 Å². The van der Waals surface area contributed by atoms with Gasteiger partial charge >= 0.3 is 0 Å². The zero-order valence-corrected chi connectivity index (χ0v) is 10.8. The highest BCUT2D eigenvalue weighted by molar-refractivity contribution is 7.12. The summed E-state index contributed by atoms with van der Waals surface area (Å²) >= 11 is 1.33. The fourth-order valence-corrected chi connectivity index (χ4v) is 2.81. The summed E-state index contributed by atoms with van der Waals surface area (Å²) in [6.45, 7) is 1.82. The zero-order valence-electron chi connectivity index (χ0n) is 10.0. The number of thiazole rings is 1. The van der Waals surface area contributed by atoms with Crippen LogP contribution in [0, 0.1) is 6.92 Å². The van der Waals surface area contributed by atoms with Crippen LogP contribution in [0.2, 0.25) is 0 Å². The van der Waals surface area contributed by atoms with E-state index in [-0.39, 0.29) is 5.91 Å². The molecule has 0 aliphatic heterocycles. The molecule has 0 spiro atoms. The van der Waals surface area contributed by atoms with Crippen molar-refractivity contribution in [2.24, 2.45) is 0 Å². The Morgan fingerprint density at radius 2 is 2.28 bits per heavy atom. The van der Waals surface area contributed by atoms with Crippen LogP contribution in [0.5, 0.6) is 0 Å². The lowest BCUT2D eigenvalue weighted by Gasteiger charge is -2.12. The van der Waals surface area contributed by atoms with Gasteiger partial charge in [-0.1, -0.05) is 0 Å². The number of nitrogens with one attached hydrogen (secondary N) is 1. The van der Waals surface area contributed by atoms with Crippen LogP contribution in [0.15, 0.2) is 5.51 Å². The lowest BCUT2D eigenvalue weighted by atomic mass is 10.0. The largest absolute Gasteiger partial charge is 0.283 e. The minimum absolute atomic E-state index is 0.173. The average molecular weight is 263 g/mol. The number of rotatable bonds is 2. The number of aromatic nitrogens is 4. The summed E-state index contributed by atoms with van der Waals surface area (Å²) in [5, 5.41) is 8.10. The first-order valence-corrected chi connectivity index (χ1v) is 6.78. The molecule has 1 N–H and O–H groups in total. The topological polar surface area (TPSA) is 72.7 Å². The van der Waals surface area contributed by atoms with Gasteiger partial charge in [-0.3, -0.25) is 4.79 Å². The lowest BCUT2D eigenvalue weighted by molar-refractivity contribution is 0.101. The van der Waals surface area contributed by atoms with Crippen molar-refractivity contribution in [1.82, 2.24) is 20.1 Å². The molecule has 2 heterocycles. The first-order valence-electron chi connectivity index (χ1n) is 5.90. The molecule has 0 aromatic carbocycles. The van der Waals surface area contributed by atoms with E-state index in [4.69, 9.17) is 0 Å². The van der Waals surface area contributed by atoms with Crippen LogP contribution in [-0.2, 0) is 12.8 Å². The molecule has 1 aliphatic rings. The molecule has 0 saturated carbocycles. The summed E-state index contributed by atoms with van der Waals surface area (Å²) in [6.07, 6.45) is 4.14. The molecule has 3 rings (SSSR count). The van der Waals surface area contributed by atoms with E-state index in [0.717, 1.165) is 42.8 Å². The number of amides is 1. The van der Waals surface area contributed by atoms with Crippen LogP contribution < -0.4 is 5.43 Å². The number of fused-ring (bicyclic) bond motifs is 1. The summed E-state index contributed by atoms with van der Waals surface area (Å²) in [5.74, 6) is -0.173. The fourth-order valence-electron chi connectivity index (χ4n) is 2.12. The predicted molar refractivity (Wildman–Crippen MR) is 67.2 cm³/mol. The molecule has 0 fully saturated rings. The molecule has 1 amide bonds. The maximum absolute atomic E-state index is 12.1. The first-order chi connectivity index (χ1) is 8.75. The number of carbonyl (C=O) groups is 1. The molecule has 1 aliphatic carbocycles. The first kappa shape index (κ1) is 11.3. The van der Waals surface area contributed by atoms with Crippen molar-refractivity contribution in [3.8, 4) is 0 Å². The van der Waals surface area contributed by atoms with E-state index in [2.05, 4.69) is 20.7 Å². The van der Waals surface area contributed by atoms with Crippen LogP contribution in [0.4, 0.5) is 0 Å². The molecule has 2 aromatic rings. The van der Waals surface area contributed by atoms with E-state index < -0.39 is 0 Å². The molecule has 0 radical (unpaired) electrons. The van der Waals surface area contributed by atoms with Crippen molar-refractivity contribution in [2.45, 2.75) is 32.6 Å². The average Bonchev–Trinajstić information content (AvgIpc) is 2.97. The second-order valence-corrected chi connectivity index (χ2v) is 5.16. The highest BCUT2D eigenvalue weighted by atomic mass is 32.1. The molecular formula is C11H13N5OS. The number of hydrogen-bond acceptors (Lipinski definition) is 5. The quantitative estimate of drug-likeness (QED) is 0.886. The summed E-state index contributed by atoms with van der Waals surface area (Å²) in [7, 11) is 0.